The first-order valence-electron chi connectivity index (χ1n) is 7.77. The van der Waals surface area contributed by atoms with Gasteiger partial charge >= 0.3 is 0 Å². The Bertz CT molecular complexity index is 698. The summed E-state index contributed by atoms with van der Waals surface area (Å²) in [6.07, 6.45) is -0.0919. The second-order valence-electron chi connectivity index (χ2n) is 5.98. The number of carbonyl (C=O) groups is 1. The lowest BCUT2D eigenvalue weighted by atomic mass is 10.1. The minimum atomic E-state index is -0.270. The predicted molar refractivity (Wildman–Crippen MR) is 94.1 cm³/mol. The zero-order valence-electron chi connectivity index (χ0n) is 13.7. The van der Waals surface area contributed by atoms with Crippen LogP contribution in [0.1, 0.15) is 23.7 Å². The minimum absolute atomic E-state index is 0. The predicted octanol–water partition coefficient (Wildman–Crippen LogP) is 2.20. The number of nitrogens with one attached hydrogen (secondary N) is 3. The molecule has 126 valence electrons. The van der Waals surface area contributed by atoms with Crippen molar-refractivity contribution < 1.29 is 9.53 Å². The van der Waals surface area contributed by atoms with Crippen LogP contribution in [0, 0.1) is 13.8 Å². The normalized spacial score (nSPS) is 21.0. The third-order valence-electron chi connectivity index (χ3n) is 4.44. The zero-order valence-corrected chi connectivity index (χ0v) is 14.5. The van der Waals surface area contributed by atoms with Crippen LogP contribution in [0.3, 0.4) is 0 Å². The average Bonchev–Trinajstić information content (AvgIpc) is 2.80. The standard InChI is InChI=1S/C17H23N3O2.ClH/c1-10-11(2)20-15-5-4-13(8-14(10)15)9-19-17(21)16-12(3)22-7-6-18-16;/h4-5,8,12,16,18,20H,6-7,9H2,1-3H3,(H,19,21);1H/t12-,16+;/m1./s1. The molecule has 0 spiro atoms. The molecule has 3 N–H and O–H groups in total. The molecule has 3 rings (SSSR count). The van der Waals surface area contributed by atoms with Crippen LogP contribution in [0.4, 0.5) is 0 Å². The summed E-state index contributed by atoms with van der Waals surface area (Å²) in [7, 11) is 0. The summed E-state index contributed by atoms with van der Waals surface area (Å²) >= 11 is 0. The fraction of sp³-hybridized carbons (Fsp3) is 0.471. The second-order valence-corrected chi connectivity index (χ2v) is 5.98. The molecule has 1 fully saturated rings. The molecule has 6 heteroatoms. The molecular formula is C17H24ClN3O2. The lowest BCUT2D eigenvalue weighted by Crippen LogP contribution is -2.55. The van der Waals surface area contributed by atoms with Crippen LogP contribution in [0.2, 0.25) is 0 Å². The Morgan fingerprint density at radius 3 is 2.91 bits per heavy atom. The number of hydrogen-bond acceptors (Lipinski definition) is 3. The Morgan fingerprint density at radius 1 is 1.39 bits per heavy atom. The minimum Gasteiger partial charge on any atom is -0.375 e. The van der Waals surface area contributed by atoms with Gasteiger partial charge in [0.2, 0.25) is 5.91 Å². The van der Waals surface area contributed by atoms with Crippen molar-refractivity contribution >= 4 is 29.2 Å². The summed E-state index contributed by atoms with van der Waals surface area (Å²) in [5, 5.41) is 7.42. The van der Waals surface area contributed by atoms with E-state index in [0.717, 1.165) is 17.6 Å². The van der Waals surface area contributed by atoms with Crippen molar-refractivity contribution in [1.82, 2.24) is 15.6 Å². The van der Waals surface area contributed by atoms with Gasteiger partial charge in [-0.1, -0.05) is 6.07 Å². The summed E-state index contributed by atoms with van der Waals surface area (Å²) in [6.45, 7) is 8.02. The first-order valence-corrected chi connectivity index (χ1v) is 7.77. The highest BCUT2D eigenvalue weighted by molar-refractivity contribution is 5.86. The molecule has 0 saturated carbocycles. The Morgan fingerprint density at radius 2 is 2.17 bits per heavy atom. The topological polar surface area (TPSA) is 66.2 Å². The molecule has 1 aromatic heterocycles. The molecule has 0 bridgehead atoms. The van der Waals surface area contributed by atoms with Gasteiger partial charge in [-0.2, -0.15) is 0 Å². The first-order chi connectivity index (χ1) is 10.6. The fourth-order valence-corrected chi connectivity index (χ4v) is 2.94. The fourth-order valence-electron chi connectivity index (χ4n) is 2.94. The summed E-state index contributed by atoms with van der Waals surface area (Å²) in [5.74, 6) is -0.00531. The SMILES string of the molecule is Cc1[nH]c2ccc(CNC(=O)[C@H]3NCCO[C@@H]3C)cc2c1C.Cl. The maximum absolute atomic E-state index is 12.3. The number of H-pyrrole nitrogens is 1. The van der Waals surface area contributed by atoms with Crippen LogP contribution in [0.5, 0.6) is 0 Å². The molecule has 2 aromatic rings. The van der Waals surface area contributed by atoms with E-state index in [-0.39, 0.29) is 30.5 Å². The van der Waals surface area contributed by atoms with Gasteiger partial charge < -0.3 is 20.4 Å². The number of hydrogen-bond donors (Lipinski definition) is 3. The Balaban J connectivity index is 0.00000192. The third-order valence-corrected chi connectivity index (χ3v) is 4.44. The summed E-state index contributed by atoms with van der Waals surface area (Å²) in [6, 6.07) is 5.99. The zero-order chi connectivity index (χ0) is 15.7. The van der Waals surface area contributed by atoms with Crippen LogP contribution >= 0.6 is 12.4 Å². The maximum Gasteiger partial charge on any atom is 0.240 e. The Hall–Kier alpha value is -1.56. The molecule has 1 saturated heterocycles. The summed E-state index contributed by atoms with van der Waals surface area (Å²) in [5.41, 5.74) is 4.70. The molecular weight excluding hydrogens is 314 g/mol. The number of aromatic nitrogens is 1. The number of fused-ring (bicyclic) bond motifs is 1. The van der Waals surface area contributed by atoms with Gasteiger partial charge in [0.25, 0.3) is 0 Å². The van der Waals surface area contributed by atoms with Gasteiger partial charge in [-0.25, -0.2) is 0 Å². The molecule has 0 radical (unpaired) electrons. The van der Waals surface area contributed by atoms with Crippen LogP contribution in [0.15, 0.2) is 18.2 Å². The van der Waals surface area contributed by atoms with Crippen LogP contribution in [-0.2, 0) is 16.1 Å². The van der Waals surface area contributed by atoms with Gasteiger partial charge in [0, 0.05) is 29.7 Å². The number of benzene rings is 1. The molecule has 2 atom stereocenters. The van der Waals surface area contributed by atoms with Crippen LogP contribution in [-0.4, -0.2) is 36.2 Å². The molecule has 5 nitrogen and oxygen atoms in total. The number of morpholine rings is 1. The average molecular weight is 338 g/mol. The maximum atomic E-state index is 12.3. The van der Waals surface area contributed by atoms with E-state index >= 15 is 0 Å². The van der Waals surface area contributed by atoms with Crippen LogP contribution in [0.25, 0.3) is 10.9 Å². The first kappa shape index (κ1) is 17.8. The van der Waals surface area contributed by atoms with Gasteiger partial charge in [-0.3, -0.25) is 4.79 Å². The van der Waals surface area contributed by atoms with Crippen LogP contribution < -0.4 is 10.6 Å². The monoisotopic (exact) mass is 337 g/mol. The number of carbonyl (C=O) groups excluding carboxylic acids is 1. The van der Waals surface area contributed by atoms with Crippen molar-refractivity contribution in [3.8, 4) is 0 Å². The van der Waals surface area contributed by atoms with Gasteiger partial charge in [-0.05, 0) is 44.0 Å². The third kappa shape index (κ3) is 3.68. The van der Waals surface area contributed by atoms with E-state index in [1.165, 1.54) is 16.6 Å². The van der Waals surface area contributed by atoms with Crippen molar-refractivity contribution in [3.05, 3.63) is 35.0 Å². The lowest BCUT2D eigenvalue weighted by molar-refractivity contribution is -0.129. The van der Waals surface area contributed by atoms with E-state index < -0.39 is 0 Å². The quantitative estimate of drug-likeness (QED) is 0.804. The van der Waals surface area contributed by atoms with Crippen molar-refractivity contribution in [3.63, 3.8) is 0 Å². The van der Waals surface area contributed by atoms with Crippen molar-refractivity contribution in [1.29, 1.82) is 0 Å². The van der Waals surface area contributed by atoms with E-state index in [9.17, 15) is 4.79 Å². The van der Waals surface area contributed by atoms with Crippen molar-refractivity contribution in [2.45, 2.75) is 39.5 Å². The van der Waals surface area contributed by atoms with Crippen molar-refractivity contribution in [2.24, 2.45) is 0 Å². The number of aromatic amines is 1. The highest BCUT2D eigenvalue weighted by atomic mass is 35.5. The van der Waals surface area contributed by atoms with Gasteiger partial charge in [0.05, 0.1) is 12.7 Å². The highest BCUT2D eigenvalue weighted by Gasteiger charge is 2.27. The van der Waals surface area contributed by atoms with Gasteiger partial charge in [0.1, 0.15) is 6.04 Å². The Kier molecular flexibility index (Phi) is 5.68. The molecule has 2 heterocycles. The molecule has 1 aliphatic heterocycles. The lowest BCUT2D eigenvalue weighted by Gasteiger charge is -2.29. The highest BCUT2D eigenvalue weighted by Crippen LogP contribution is 2.22. The summed E-state index contributed by atoms with van der Waals surface area (Å²) < 4.78 is 5.51. The number of ether oxygens (including phenoxy) is 1. The largest absolute Gasteiger partial charge is 0.375 e. The van der Waals surface area contributed by atoms with E-state index in [0.29, 0.717) is 13.2 Å². The second kappa shape index (κ2) is 7.34. The number of aryl methyl sites for hydroxylation is 2. The number of rotatable bonds is 3. The Labute approximate surface area is 142 Å². The molecule has 1 amide bonds. The van der Waals surface area contributed by atoms with Gasteiger partial charge in [-0.15, -0.1) is 12.4 Å². The van der Waals surface area contributed by atoms with E-state index in [1.807, 2.05) is 13.0 Å². The van der Waals surface area contributed by atoms with Crippen molar-refractivity contribution in [2.75, 3.05) is 13.2 Å². The van der Waals surface area contributed by atoms with E-state index in [2.05, 4.69) is 41.6 Å². The summed E-state index contributed by atoms with van der Waals surface area (Å²) in [4.78, 5) is 15.6. The number of halogens is 1. The molecule has 0 unspecified atom stereocenters. The molecule has 0 aliphatic carbocycles. The molecule has 1 aromatic carbocycles. The molecule has 23 heavy (non-hydrogen) atoms. The molecule has 1 aliphatic rings. The van der Waals surface area contributed by atoms with E-state index in [1.54, 1.807) is 0 Å². The van der Waals surface area contributed by atoms with Gasteiger partial charge in [0.15, 0.2) is 0 Å². The van der Waals surface area contributed by atoms with E-state index in [4.69, 9.17) is 4.74 Å². The smallest absolute Gasteiger partial charge is 0.240 e. The number of amides is 1.